The van der Waals surface area contributed by atoms with Crippen molar-refractivity contribution in [2.24, 2.45) is 0 Å². The molecule has 0 spiro atoms. The van der Waals surface area contributed by atoms with Gasteiger partial charge in [0.2, 0.25) is 5.91 Å². The molecule has 1 N–H and O–H groups in total. The Labute approximate surface area is 161 Å². The molecule has 3 rings (SSSR count). The largest absolute Gasteiger partial charge is 0.349 e. The van der Waals surface area contributed by atoms with Crippen LogP contribution in [0.15, 0.2) is 60.7 Å². The average Bonchev–Trinajstić information content (AvgIpc) is 2.69. The number of amides is 2. The van der Waals surface area contributed by atoms with E-state index in [0.29, 0.717) is 18.5 Å². The Morgan fingerprint density at radius 3 is 2.33 bits per heavy atom. The number of likely N-dealkylation sites (N-methyl/N-ethyl adjacent to an activating group) is 1. The third-order valence-electron chi connectivity index (χ3n) is 4.98. The van der Waals surface area contributed by atoms with Crippen LogP contribution in [0.5, 0.6) is 0 Å². The number of rotatable bonds is 5. The van der Waals surface area contributed by atoms with E-state index < -0.39 is 0 Å². The van der Waals surface area contributed by atoms with Gasteiger partial charge in [-0.15, -0.1) is 0 Å². The number of hydrogen-bond donors (Lipinski definition) is 1. The molecule has 2 aromatic carbocycles. The van der Waals surface area contributed by atoms with E-state index >= 15 is 0 Å². The first-order valence-corrected chi connectivity index (χ1v) is 9.43. The zero-order chi connectivity index (χ0) is 19.2. The molecule has 2 amide bonds. The number of carbonyl (C=O) groups is 2. The Morgan fingerprint density at radius 2 is 1.67 bits per heavy atom. The first-order chi connectivity index (χ1) is 13.0. The van der Waals surface area contributed by atoms with Crippen LogP contribution in [0.2, 0.25) is 0 Å². The average molecular weight is 365 g/mol. The van der Waals surface area contributed by atoms with Crippen molar-refractivity contribution in [1.29, 1.82) is 0 Å². The summed E-state index contributed by atoms with van der Waals surface area (Å²) in [7, 11) is 2.08. The monoisotopic (exact) mass is 365 g/mol. The smallest absolute Gasteiger partial charge is 0.251 e. The van der Waals surface area contributed by atoms with E-state index in [-0.39, 0.29) is 23.9 Å². The van der Waals surface area contributed by atoms with Crippen LogP contribution in [-0.4, -0.2) is 54.3 Å². The summed E-state index contributed by atoms with van der Waals surface area (Å²) in [5, 5.41) is 2.93. The molecule has 1 aliphatic rings. The van der Waals surface area contributed by atoms with Crippen molar-refractivity contribution < 1.29 is 9.59 Å². The van der Waals surface area contributed by atoms with Gasteiger partial charge in [-0.25, -0.2) is 0 Å². The van der Waals surface area contributed by atoms with Crippen LogP contribution in [0.25, 0.3) is 0 Å². The van der Waals surface area contributed by atoms with Gasteiger partial charge in [0, 0.05) is 37.7 Å². The molecule has 1 heterocycles. The number of benzene rings is 2. The molecular formula is C22H27N3O2. The maximum Gasteiger partial charge on any atom is 0.251 e. The summed E-state index contributed by atoms with van der Waals surface area (Å²) >= 11 is 0. The molecule has 5 nitrogen and oxygen atoms in total. The second-order valence-electron chi connectivity index (χ2n) is 7.22. The van der Waals surface area contributed by atoms with Gasteiger partial charge in [-0.05, 0) is 31.7 Å². The standard InChI is InChI=1S/C22H27N3O2/c1-17(23-22(27)19-11-7-4-8-12-19)15-21(26)25-14-13-24(2)16-20(25)18-9-5-3-6-10-18/h3-12,17,20H,13-16H2,1-2H3,(H,23,27). The lowest BCUT2D eigenvalue weighted by Crippen LogP contribution is -2.50. The Hall–Kier alpha value is -2.66. The van der Waals surface area contributed by atoms with Gasteiger partial charge in [0.25, 0.3) is 5.91 Å². The number of nitrogens with zero attached hydrogens (tertiary/aromatic N) is 2. The van der Waals surface area contributed by atoms with E-state index in [1.54, 1.807) is 12.1 Å². The van der Waals surface area contributed by atoms with Gasteiger partial charge in [-0.3, -0.25) is 9.59 Å². The predicted octanol–water partition coefficient (Wildman–Crippen LogP) is 2.71. The molecule has 1 saturated heterocycles. The molecule has 27 heavy (non-hydrogen) atoms. The Bertz CT molecular complexity index is 764. The normalized spacial score (nSPS) is 18.7. The molecule has 0 radical (unpaired) electrons. The van der Waals surface area contributed by atoms with Crippen molar-refractivity contribution in [3.05, 3.63) is 71.8 Å². The first kappa shape index (κ1) is 19.1. The Kier molecular flexibility index (Phi) is 6.24. The molecule has 0 bridgehead atoms. The highest BCUT2D eigenvalue weighted by Gasteiger charge is 2.30. The molecular weight excluding hydrogens is 338 g/mol. The van der Waals surface area contributed by atoms with Crippen molar-refractivity contribution in [3.63, 3.8) is 0 Å². The molecule has 2 aromatic rings. The fraction of sp³-hybridized carbons (Fsp3) is 0.364. The van der Waals surface area contributed by atoms with Crippen molar-refractivity contribution in [2.45, 2.75) is 25.4 Å². The summed E-state index contributed by atoms with van der Waals surface area (Å²) in [5.41, 5.74) is 1.76. The third-order valence-corrected chi connectivity index (χ3v) is 4.98. The van der Waals surface area contributed by atoms with Crippen LogP contribution >= 0.6 is 0 Å². The summed E-state index contributed by atoms with van der Waals surface area (Å²) in [4.78, 5) is 29.5. The minimum atomic E-state index is -0.221. The summed E-state index contributed by atoms with van der Waals surface area (Å²) in [6.07, 6.45) is 0.297. The summed E-state index contributed by atoms with van der Waals surface area (Å²) in [5.74, 6) is -0.0632. The molecule has 2 unspecified atom stereocenters. The molecule has 0 saturated carbocycles. The summed E-state index contributed by atoms with van der Waals surface area (Å²) in [6.45, 7) is 4.26. The van der Waals surface area contributed by atoms with Gasteiger partial charge in [-0.2, -0.15) is 0 Å². The van der Waals surface area contributed by atoms with Gasteiger partial charge < -0.3 is 15.1 Å². The van der Waals surface area contributed by atoms with E-state index in [0.717, 1.165) is 18.7 Å². The second-order valence-corrected chi connectivity index (χ2v) is 7.22. The number of piperazine rings is 1. The molecule has 1 fully saturated rings. The zero-order valence-electron chi connectivity index (χ0n) is 16.0. The fourth-order valence-corrected chi connectivity index (χ4v) is 3.51. The van der Waals surface area contributed by atoms with E-state index in [2.05, 4.69) is 29.4 Å². The van der Waals surface area contributed by atoms with Crippen LogP contribution in [-0.2, 0) is 4.79 Å². The van der Waals surface area contributed by atoms with Crippen LogP contribution in [0.4, 0.5) is 0 Å². The molecule has 5 heteroatoms. The quantitative estimate of drug-likeness (QED) is 0.886. The van der Waals surface area contributed by atoms with E-state index in [1.807, 2.05) is 48.2 Å². The fourth-order valence-electron chi connectivity index (χ4n) is 3.51. The molecule has 1 aliphatic heterocycles. The highest BCUT2D eigenvalue weighted by Crippen LogP contribution is 2.25. The van der Waals surface area contributed by atoms with E-state index in [9.17, 15) is 9.59 Å². The number of nitrogens with one attached hydrogen (secondary N) is 1. The van der Waals surface area contributed by atoms with Crippen molar-refractivity contribution in [1.82, 2.24) is 15.1 Å². The van der Waals surface area contributed by atoms with Gasteiger partial charge in [0.15, 0.2) is 0 Å². The van der Waals surface area contributed by atoms with E-state index in [1.165, 1.54) is 0 Å². The lowest BCUT2D eigenvalue weighted by Gasteiger charge is -2.40. The van der Waals surface area contributed by atoms with Crippen molar-refractivity contribution >= 4 is 11.8 Å². The summed E-state index contributed by atoms with van der Waals surface area (Å²) in [6, 6.07) is 19.1. The zero-order valence-corrected chi connectivity index (χ0v) is 16.0. The van der Waals surface area contributed by atoms with Crippen LogP contribution in [0, 0.1) is 0 Å². The van der Waals surface area contributed by atoms with Crippen LogP contribution in [0.3, 0.4) is 0 Å². The second kappa shape index (κ2) is 8.82. The van der Waals surface area contributed by atoms with Gasteiger partial charge >= 0.3 is 0 Å². The third kappa shape index (κ3) is 4.95. The summed E-state index contributed by atoms with van der Waals surface area (Å²) < 4.78 is 0. The number of carbonyl (C=O) groups excluding carboxylic acids is 2. The Balaban J connectivity index is 1.64. The van der Waals surface area contributed by atoms with Crippen molar-refractivity contribution in [3.8, 4) is 0 Å². The van der Waals surface area contributed by atoms with Gasteiger partial charge in [-0.1, -0.05) is 48.5 Å². The predicted molar refractivity (Wildman–Crippen MR) is 106 cm³/mol. The number of hydrogen-bond acceptors (Lipinski definition) is 3. The van der Waals surface area contributed by atoms with Crippen molar-refractivity contribution in [2.75, 3.05) is 26.7 Å². The minimum Gasteiger partial charge on any atom is -0.349 e. The molecule has 0 aliphatic carbocycles. The van der Waals surface area contributed by atoms with Gasteiger partial charge in [0.1, 0.15) is 0 Å². The van der Waals surface area contributed by atoms with Crippen LogP contribution in [0.1, 0.15) is 35.3 Å². The highest BCUT2D eigenvalue weighted by molar-refractivity contribution is 5.94. The minimum absolute atomic E-state index is 0.0504. The molecule has 142 valence electrons. The lowest BCUT2D eigenvalue weighted by atomic mass is 10.0. The first-order valence-electron chi connectivity index (χ1n) is 9.43. The topological polar surface area (TPSA) is 52.7 Å². The molecule has 0 aromatic heterocycles. The maximum absolute atomic E-state index is 13.0. The highest BCUT2D eigenvalue weighted by atomic mass is 16.2. The maximum atomic E-state index is 13.0. The van der Waals surface area contributed by atoms with Crippen LogP contribution < -0.4 is 5.32 Å². The van der Waals surface area contributed by atoms with Gasteiger partial charge in [0.05, 0.1) is 6.04 Å². The van der Waals surface area contributed by atoms with E-state index in [4.69, 9.17) is 0 Å². The SMILES string of the molecule is CC(CC(=O)N1CCN(C)CC1c1ccccc1)NC(=O)c1ccccc1. The lowest BCUT2D eigenvalue weighted by molar-refractivity contribution is -0.136. The Morgan fingerprint density at radius 1 is 1.04 bits per heavy atom. The molecule has 2 atom stereocenters.